The molecule has 0 spiro atoms. The minimum Gasteiger partial charge on any atom is -0.463 e. The Bertz CT molecular complexity index is 2130. The molecule has 25 heteroatoms. The van der Waals surface area contributed by atoms with E-state index in [-0.39, 0.29) is 19.3 Å². The zero-order chi connectivity index (χ0) is 73.9. The molecule has 0 aromatic heterocycles. The second kappa shape index (κ2) is 57.8. The predicted molar refractivity (Wildman–Crippen MR) is 384 cm³/mol. The average molecular weight is 1470 g/mol. The van der Waals surface area contributed by atoms with Gasteiger partial charge in [-0.25, -0.2) is 4.57 Å². The van der Waals surface area contributed by atoms with Gasteiger partial charge >= 0.3 is 25.7 Å². The molecule has 101 heavy (non-hydrogen) atoms. The number of rotatable bonds is 63. The predicted octanol–water partition coefficient (Wildman–Crippen LogP) is 11.9. The van der Waals surface area contributed by atoms with Gasteiger partial charge in [0, 0.05) is 19.3 Å². The number of hydrogen-bond acceptors (Lipinski definition) is 23. The molecule has 1 aliphatic carbocycles. The van der Waals surface area contributed by atoms with E-state index in [1.165, 1.54) is 154 Å². The number of aliphatic hydroxyl groups is 10. The maximum atomic E-state index is 14.4. The van der Waals surface area contributed by atoms with Crippen molar-refractivity contribution < 1.29 is 117 Å². The maximum absolute atomic E-state index is 14.4. The van der Waals surface area contributed by atoms with Crippen molar-refractivity contribution in [1.82, 2.24) is 0 Å². The fourth-order valence-electron chi connectivity index (χ4n) is 13.3. The summed E-state index contributed by atoms with van der Waals surface area (Å²) in [6.07, 6.45) is 18.2. The number of esters is 3. The van der Waals surface area contributed by atoms with Crippen LogP contribution in [0.15, 0.2) is 12.2 Å². The van der Waals surface area contributed by atoms with Gasteiger partial charge in [0.1, 0.15) is 98.7 Å². The quantitative estimate of drug-likeness (QED) is 0.00886. The molecule has 18 atom stereocenters. The van der Waals surface area contributed by atoms with Crippen molar-refractivity contribution in [1.29, 1.82) is 0 Å². The van der Waals surface area contributed by atoms with E-state index in [1.807, 2.05) is 0 Å². The third-order valence-electron chi connectivity index (χ3n) is 19.8. The lowest BCUT2D eigenvalue weighted by Gasteiger charge is -2.49. The Kier molecular flexibility index (Phi) is 53.2. The summed E-state index contributed by atoms with van der Waals surface area (Å²) < 4.78 is 65.2. The van der Waals surface area contributed by atoms with E-state index in [1.54, 1.807) is 0 Å². The van der Waals surface area contributed by atoms with Crippen molar-refractivity contribution in [2.24, 2.45) is 0 Å². The molecule has 2 aliphatic heterocycles. The molecule has 0 bridgehead atoms. The minimum atomic E-state index is -5.70. The molecule has 1 saturated carbocycles. The lowest BCUT2D eigenvalue weighted by molar-refractivity contribution is -0.360. The van der Waals surface area contributed by atoms with Gasteiger partial charge in [0.15, 0.2) is 18.7 Å². The van der Waals surface area contributed by atoms with Gasteiger partial charge in [-0.15, -0.1) is 0 Å². The minimum absolute atomic E-state index is 0.0249. The van der Waals surface area contributed by atoms with Gasteiger partial charge in [0.2, 0.25) is 0 Å². The van der Waals surface area contributed by atoms with Crippen LogP contribution < -0.4 is 0 Å². The molecule has 2 saturated heterocycles. The summed E-state index contributed by atoms with van der Waals surface area (Å²) in [5.74, 6) is -1.98. The molecule has 2 heterocycles. The van der Waals surface area contributed by atoms with Crippen molar-refractivity contribution in [3.8, 4) is 0 Å². The second-order valence-electron chi connectivity index (χ2n) is 28.8. The second-order valence-corrected chi connectivity index (χ2v) is 30.2. The molecule has 0 aromatic rings. The highest BCUT2D eigenvalue weighted by Crippen LogP contribution is 2.49. The highest BCUT2D eigenvalue weighted by atomic mass is 31.2. The molecule has 594 valence electrons. The number of allylic oxidation sites excluding steroid dienone is 2. The average Bonchev–Trinajstić information content (AvgIpc) is 0.761. The molecule has 0 aromatic carbocycles. The highest BCUT2D eigenvalue weighted by Gasteiger charge is 2.58. The van der Waals surface area contributed by atoms with Crippen LogP contribution in [0.1, 0.15) is 323 Å². The van der Waals surface area contributed by atoms with Gasteiger partial charge in [-0.2, -0.15) is 0 Å². The Morgan fingerprint density at radius 1 is 0.376 bits per heavy atom. The van der Waals surface area contributed by atoms with Gasteiger partial charge in [-0.05, 0) is 44.9 Å². The Labute approximate surface area is 605 Å². The van der Waals surface area contributed by atoms with Crippen molar-refractivity contribution in [2.75, 3.05) is 26.4 Å². The summed E-state index contributed by atoms with van der Waals surface area (Å²) in [6.45, 7) is 3.48. The number of ether oxygens (including phenoxy) is 7. The zero-order valence-corrected chi connectivity index (χ0v) is 63.1. The third kappa shape index (κ3) is 40.5. The Morgan fingerprint density at radius 2 is 0.693 bits per heavy atom. The van der Waals surface area contributed by atoms with Crippen LogP contribution in [0.5, 0.6) is 0 Å². The van der Waals surface area contributed by atoms with Gasteiger partial charge < -0.3 is 89.1 Å². The van der Waals surface area contributed by atoms with Crippen LogP contribution in [0.2, 0.25) is 0 Å². The van der Waals surface area contributed by atoms with Crippen LogP contribution in [0.3, 0.4) is 0 Å². The molecular formula is C76H141O24P. The van der Waals surface area contributed by atoms with Crippen LogP contribution in [-0.4, -0.2) is 204 Å². The molecule has 11 N–H and O–H groups in total. The highest BCUT2D eigenvalue weighted by molar-refractivity contribution is 7.47. The largest absolute Gasteiger partial charge is 0.472 e. The first kappa shape index (κ1) is 92.9. The number of carbonyl (C=O) groups excluding carboxylic acids is 3. The van der Waals surface area contributed by atoms with Gasteiger partial charge in [-0.1, -0.05) is 270 Å². The van der Waals surface area contributed by atoms with Crippen molar-refractivity contribution in [3.05, 3.63) is 12.2 Å². The number of aliphatic hydroxyl groups excluding tert-OH is 10. The number of hydrogen-bond donors (Lipinski definition) is 11. The van der Waals surface area contributed by atoms with Crippen LogP contribution in [0.4, 0.5) is 0 Å². The maximum Gasteiger partial charge on any atom is 0.472 e. The monoisotopic (exact) mass is 1470 g/mol. The number of unbranched alkanes of at least 4 members (excludes halogenated alkanes) is 40. The van der Waals surface area contributed by atoms with Crippen molar-refractivity contribution in [3.63, 3.8) is 0 Å². The van der Waals surface area contributed by atoms with E-state index >= 15 is 0 Å². The Morgan fingerprint density at radius 3 is 1.08 bits per heavy atom. The lowest BCUT2D eigenvalue weighted by atomic mass is 9.84. The molecule has 3 aliphatic rings. The first-order valence-electron chi connectivity index (χ1n) is 40.0. The molecule has 0 amide bonds. The van der Waals surface area contributed by atoms with Crippen molar-refractivity contribution in [2.45, 2.75) is 427 Å². The normalized spacial score (nSPS) is 27.2. The van der Waals surface area contributed by atoms with Crippen LogP contribution in [-0.2, 0) is 61.2 Å². The lowest BCUT2D eigenvalue weighted by Crippen LogP contribution is -2.69. The van der Waals surface area contributed by atoms with E-state index in [0.717, 1.165) is 109 Å². The van der Waals surface area contributed by atoms with Gasteiger partial charge in [0.05, 0.1) is 13.2 Å². The van der Waals surface area contributed by atoms with E-state index in [4.69, 9.17) is 42.2 Å². The molecular weight excluding hydrogens is 1330 g/mol. The molecule has 3 fully saturated rings. The number of phosphoric ester groups is 1. The smallest absolute Gasteiger partial charge is 0.463 e. The standard InChI is InChI=1S/C76H141O24P/c1-4-7-10-13-16-19-22-25-28-29-31-34-37-40-43-46-49-52-62(80)95-57(54-92-60(78)50-47-44-41-38-35-32-27-24-21-18-15-12-9-6-3)55-94-101(90,91)100-74-72(98-75-70(88)65(83)63(81)58(53-77)96-75)68(86)67(85)69(87)73(74)99-76-71(89)66(84)64(82)59(97-76)56-93-61(79)51-48-45-42-39-36-33-30-26-23-20-17-14-11-8-5-2/h20,23,57-59,63-77,81-89H,4-19,21-22,24-56H2,1-3H3,(H,90,91)/b23-20-. The summed E-state index contributed by atoms with van der Waals surface area (Å²) in [6, 6.07) is 0. The third-order valence-corrected chi connectivity index (χ3v) is 20.8. The number of carbonyl (C=O) groups is 3. The topological polar surface area (TPSA) is 374 Å². The van der Waals surface area contributed by atoms with E-state index in [9.17, 15) is 74.9 Å². The first-order chi connectivity index (χ1) is 48.8. The fourth-order valence-corrected chi connectivity index (χ4v) is 14.2. The van der Waals surface area contributed by atoms with Crippen LogP contribution in [0, 0.1) is 0 Å². The SMILES string of the molecule is CCCCCC/C=C\CCCCCCCCCC(=O)OCC1OC(OC2C(O)C(O)C(O)C(OC3OC(CO)C(O)C(O)C3O)C2OP(=O)(O)OCC(COC(=O)CCCCCCCCCCCCCCCC)OC(=O)CCCCCCCCCCCCCCCCCCC)C(O)C(O)C1O. The summed E-state index contributed by atoms with van der Waals surface area (Å²) in [4.78, 5) is 51.1. The van der Waals surface area contributed by atoms with Crippen LogP contribution in [0.25, 0.3) is 0 Å². The first-order valence-corrected chi connectivity index (χ1v) is 41.5. The Balaban J connectivity index is 1.71. The zero-order valence-electron chi connectivity index (χ0n) is 62.2. The summed E-state index contributed by atoms with van der Waals surface area (Å²) in [5.41, 5.74) is 0. The fraction of sp³-hybridized carbons (Fsp3) is 0.934. The van der Waals surface area contributed by atoms with E-state index in [2.05, 4.69) is 32.9 Å². The van der Waals surface area contributed by atoms with Gasteiger partial charge in [-0.3, -0.25) is 23.4 Å². The Hall–Kier alpha value is -2.30. The van der Waals surface area contributed by atoms with Gasteiger partial charge in [0.25, 0.3) is 0 Å². The summed E-state index contributed by atoms with van der Waals surface area (Å²) in [7, 11) is -5.70. The number of phosphoric acid groups is 1. The summed E-state index contributed by atoms with van der Waals surface area (Å²) >= 11 is 0. The molecule has 0 radical (unpaired) electrons. The molecule has 24 nitrogen and oxygen atoms in total. The van der Waals surface area contributed by atoms with E-state index < -0.39 is 156 Å². The van der Waals surface area contributed by atoms with Crippen LogP contribution >= 0.6 is 7.82 Å². The van der Waals surface area contributed by atoms with E-state index in [0.29, 0.717) is 19.3 Å². The molecule has 3 rings (SSSR count). The van der Waals surface area contributed by atoms with Crippen molar-refractivity contribution >= 4 is 25.7 Å². The summed E-state index contributed by atoms with van der Waals surface area (Å²) in [5, 5.41) is 110. The molecule has 18 unspecified atom stereocenters.